The first-order valence-electron chi connectivity index (χ1n) is 6.18. The summed E-state index contributed by atoms with van der Waals surface area (Å²) in [6.45, 7) is -0.177. The number of nitrogens with one attached hydrogen (secondary N) is 1. The lowest BCUT2D eigenvalue weighted by Gasteiger charge is -2.03. The third kappa shape index (κ3) is 2.91. The number of ether oxygens (including phenoxy) is 1. The van der Waals surface area contributed by atoms with Gasteiger partial charge in [0.25, 0.3) is 11.8 Å². The molecule has 112 valence electrons. The highest BCUT2D eigenvalue weighted by molar-refractivity contribution is 6.32. The van der Waals surface area contributed by atoms with E-state index in [1.807, 2.05) is 0 Å². The van der Waals surface area contributed by atoms with E-state index in [-0.39, 0.29) is 12.5 Å². The van der Waals surface area contributed by atoms with Crippen molar-refractivity contribution in [1.82, 2.24) is 20.3 Å². The van der Waals surface area contributed by atoms with Crippen molar-refractivity contribution in [1.29, 1.82) is 0 Å². The molecule has 0 aliphatic carbocycles. The van der Waals surface area contributed by atoms with Gasteiger partial charge in [0.15, 0.2) is 6.61 Å². The Morgan fingerprint density at radius 1 is 1.36 bits per heavy atom. The predicted octanol–water partition coefficient (Wildman–Crippen LogP) is 1.64. The number of benzene rings is 1. The van der Waals surface area contributed by atoms with Crippen LogP contribution >= 0.6 is 11.6 Å². The summed E-state index contributed by atoms with van der Waals surface area (Å²) in [6.07, 6.45) is 1.45. The van der Waals surface area contributed by atoms with Crippen LogP contribution in [-0.2, 0) is 4.79 Å². The van der Waals surface area contributed by atoms with E-state index in [1.54, 1.807) is 24.3 Å². The number of nitrogens with two attached hydrogens (primary N) is 1. The molecule has 8 nitrogen and oxygen atoms in total. The second kappa shape index (κ2) is 5.86. The quantitative estimate of drug-likeness (QED) is 0.737. The lowest BCUT2D eigenvalue weighted by molar-refractivity contribution is -0.119. The van der Waals surface area contributed by atoms with Gasteiger partial charge in [0.2, 0.25) is 5.82 Å². The van der Waals surface area contributed by atoms with Crippen LogP contribution in [0.25, 0.3) is 23.0 Å². The van der Waals surface area contributed by atoms with Gasteiger partial charge in [-0.1, -0.05) is 16.8 Å². The van der Waals surface area contributed by atoms with E-state index in [4.69, 9.17) is 26.6 Å². The summed E-state index contributed by atoms with van der Waals surface area (Å²) in [5.74, 6) is 0.611. The van der Waals surface area contributed by atoms with E-state index in [9.17, 15) is 4.79 Å². The lowest BCUT2D eigenvalue weighted by atomic mass is 10.2. The number of primary amides is 1. The second-order valence-corrected chi connectivity index (χ2v) is 4.70. The Morgan fingerprint density at radius 3 is 2.77 bits per heavy atom. The average Bonchev–Trinajstić information content (AvgIpc) is 3.14. The molecule has 3 aromatic rings. The molecule has 22 heavy (non-hydrogen) atoms. The second-order valence-electron chi connectivity index (χ2n) is 4.30. The van der Waals surface area contributed by atoms with Gasteiger partial charge in [-0.3, -0.25) is 9.89 Å². The summed E-state index contributed by atoms with van der Waals surface area (Å²) in [4.78, 5) is 14.9. The first-order valence-corrected chi connectivity index (χ1v) is 6.56. The SMILES string of the molecule is NC(=O)COc1ccc(-c2noc(-c3[nH]ncc3Cl)n2)cc1. The number of carbonyl (C=O) groups is 1. The zero-order valence-corrected chi connectivity index (χ0v) is 11.9. The maximum Gasteiger partial charge on any atom is 0.277 e. The molecule has 9 heteroatoms. The Kier molecular flexibility index (Phi) is 3.75. The summed E-state index contributed by atoms with van der Waals surface area (Å²) in [5.41, 5.74) is 6.19. The van der Waals surface area contributed by atoms with Crippen LogP contribution in [0, 0.1) is 0 Å². The van der Waals surface area contributed by atoms with Crippen molar-refractivity contribution in [3.05, 3.63) is 35.5 Å². The van der Waals surface area contributed by atoms with Gasteiger partial charge in [-0.25, -0.2) is 0 Å². The molecule has 0 atom stereocenters. The van der Waals surface area contributed by atoms with Crippen LogP contribution in [0.5, 0.6) is 5.75 Å². The molecule has 0 fully saturated rings. The number of amides is 1. The summed E-state index contributed by atoms with van der Waals surface area (Å²) in [5, 5.41) is 10.7. The van der Waals surface area contributed by atoms with Gasteiger partial charge in [0.05, 0.1) is 11.2 Å². The minimum atomic E-state index is -0.539. The molecule has 3 rings (SSSR count). The van der Waals surface area contributed by atoms with Gasteiger partial charge in [-0.05, 0) is 24.3 Å². The molecule has 0 spiro atoms. The number of rotatable bonds is 5. The molecule has 2 aromatic heterocycles. The molecule has 0 saturated carbocycles. The van der Waals surface area contributed by atoms with E-state index < -0.39 is 5.91 Å². The van der Waals surface area contributed by atoms with Crippen molar-refractivity contribution in [2.75, 3.05) is 6.61 Å². The normalized spacial score (nSPS) is 10.6. The monoisotopic (exact) mass is 319 g/mol. The Bertz CT molecular complexity index is 796. The van der Waals surface area contributed by atoms with Crippen LogP contribution in [0.4, 0.5) is 0 Å². The number of nitrogens with zero attached hydrogens (tertiary/aromatic N) is 3. The van der Waals surface area contributed by atoms with Crippen molar-refractivity contribution in [2.45, 2.75) is 0 Å². The molecule has 1 aromatic carbocycles. The molecule has 0 aliphatic rings. The van der Waals surface area contributed by atoms with Gasteiger partial charge in [-0.15, -0.1) is 0 Å². The van der Waals surface area contributed by atoms with Gasteiger partial charge >= 0.3 is 0 Å². The minimum Gasteiger partial charge on any atom is -0.484 e. The van der Waals surface area contributed by atoms with Gasteiger partial charge in [-0.2, -0.15) is 10.1 Å². The highest BCUT2D eigenvalue weighted by Gasteiger charge is 2.15. The zero-order valence-electron chi connectivity index (χ0n) is 11.1. The van der Waals surface area contributed by atoms with Crippen molar-refractivity contribution in [3.8, 4) is 28.7 Å². The van der Waals surface area contributed by atoms with E-state index in [0.717, 1.165) is 5.56 Å². The summed E-state index contributed by atoms with van der Waals surface area (Å²) >= 11 is 5.93. The fourth-order valence-corrected chi connectivity index (χ4v) is 1.89. The number of aromatic nitrogens is 4. The summed E-state index contributed by atoms with van der Waals surface area (Å²) in [7, 11) is 0. The third-order valence-corrected chi connectivity index (χ3v) is 3.01. The maximum atomic E-state index is 10.6. The van der Waals surface area contributed by atoms with E-state index in [0.29, 0.717) is 22.3 Å². The van der Waals surface area contributed by atoms with Crippen molar-refractivity contribution in [3.63, 3.8) is 0 Å². The molecule has 0 saturated heterocycles. The Labute approximate surface area is 129 Å². The molecule has 0 radical (unpaired) electrons. The molecular formula is C13H10ClN5O3. The fourth-order valence-electron chi connectivity index (χ4n) is 1.72. The van der Waals surface area contributed by atoms with Crippen molar-refractivity contribution in [2.24, 2.45) is 5.73 Å². The first-order chi connectivity index (χ1) is 10.6. The molecule has 0 unspecified atom stereocenters. The number of carbonyl (C=O) groups excluding carboxylic acids is 1. The van der Waals surface area contributed by atoms with Crippen LogP contribution < -0.4 is 10.5 Å². The topological polar surface area (TPSA) is 120 Å². The number of aromatic amines is 1. The van der Waals surface area contributed by atoms with Gasteiger partial charge < -0.3 is 15.0 Å². The number of hydrogen-bond acceptors (Lipinski definition) is 6. The van der Waals surface area contributed by atoms with Crippen molar-refractivity contribution >= 4 is 17.5 Å². The molecule has 0 bridgehead atoms. The number of halogens is 1. The highest BCUT2D eigenvalue weighted by atomic mass is 35.5. The van der Waals surface area contributed by atoms with Gasteiger partial charge in [0.1, 0.15) is 11.4 Å². The Balaban J connectivity index is 1.79. The molecule has 2 heterocycles. The summed E-state index contributed by atoms with van der Waals surface area (Å²) < 4.78 is 10.3. The standard InChI is InChI=1S/C13H10ClN5O3/c14-9-5-16-18-11(9)13-17-12(19-22-13)7-1-3-8(4-2-7)21-6-10(15)20/h1-5H,6H2,(H2,15,20)(H,16,18). The largest absolute Gasteiger partial charge is 0.484 e. The van der Waals surface area contributed by atoms with Gasteiger partial charge in [0, 0.05) is 5.56 Å². The lowest BCUT2D eigenvalue weighted by Crippen LogP contribution is -2.19. The fraction of sp³-hybridized carbons (Fsp3) is 0.0769. The van der Waals surface area contributed by atoms with Crippen molar-refractivity contribution < 1.29 is 14.1 Å². The van der Waals surface area contributed by atoms with Crippen LogP contribution in [0.15, 0.2) is 35.0 Å². The van der Waals surface area contributed by atoms with Crippen LogP contribution in [0.1, 0.15) is 0 Å². The van der Waals surface area contributed by atoms with Crippen LogP contribution in [0.3, 0.4) is 0 Å². The number of H-pyrrole nitrogens is 1. The smallest absolute Gasteiger partial charge is 0.277 e. The van der Waals surface area contributed by atoms with Crippen LogP contribution in [0.2, 0.25) is 5.02 Å². The van der Waals surface area contributed by atoms with Crippen LogP contribution in [-0.4, -0.2) is 32.9 Å². The molecular weight excluding hydrogens is 310 g/mol. The van der Waals surface area contributed by atoms with E-state index in [1.165, 1.54) is 6.20 Å². The average molecular weight is 320 g/mol. The van der Waals surface area contributed by atoms with E-state index in [2.05, 4.69) is 20.3 Å². The minimum absolute atomic E-state index is 0.177. The molecule has 3 N–H and O–H groups in total. The highest BCUT2D eigenvalue weighted by Crippen LogP contribution is 2.26. The van der Waals surface area contributed by atoms with E-state index >= 15 is 0 Å². The molecule has 1 amide bonds. The Morgan fingerprint density at radius 2 is 2.14 bits per heavy atom. The Hall–Kier alpha value is -2.87. The first kappa shape index (κ1) is 14.1. The zero-order chi connectivity index (χ0) is 15.5. The maximum absolute atomic E-state index is 10.6. The summed E-state index contributed by atoms with van der Waals surface area (Å²) in [6, 6.07) is 6.83. The third-order valence-electron chi connectivity index (χ3n) is 2.73. The number of hydrogen-bond donors (Lipinski definition) is 2. The predicted molar refractivity (Wildman–Crippen MR) is 77.0 cm³/mol. The molecule has 0 aliphatic heterocycles.